The molecule has 1 heterocycles. The zero-order chi connectivity index (χ0) is 13.1. The molecule has 96 valence electrons. The van der Waals surface area contributed by atoms with Crippen LogP contribution in [0.4, 0.5) is 17.2 Å². The third-order valence-corrected chi connectivity index (χ3v) is 3.10. The average molecular weight is 265 g/mol. The molecule has 3 N–H and O–H groups in total. The molecule has 0 spiro atoms. The highest BCUT2D eigenvalue weighted by Crippen LogP contribution is 2.29. The summed E-state index contributed by atoms with van der Waals surface area (Å²) in [7, 11) is 1.87. The number of benzene rings is 1. The lowest BCUT2D eigenvalue weighted by molar-refractivity contribution is 0.740. The first-order chi connectivity index (χ1) is 8.63. The van der Waals surface area contributed by atoms with Crippen molar-refractivity contribution in [2.45, 2.75) is 19.8 Å². The van der Waals surface area contributed by atoms with Gasteiger partial charge in [-0.1, -0.05) is 37.1 Å². The van der Waals surface area contributed by atoms with E-state index >= 15 is 0 Å². The minimum Gasteiger partial charge on any atom is -0.394 e. The Balaban J connectivity index is 2.32. The number of nitrogens with zero attached hydrogens (tertiary/aromatic N) is 2. The smallest absolute Gasteiger partial charge is 0.152 e. The SMILES string of the molecule is CCCc1nn(C)c(Nc2ccccc2Cl)c1N. The van der Waals surface area contributed by atoms with Gasteiger partial charge in [0.15, 0.2) is 5.82 Å². The van der Waals surface area contributed by atoms with E-state index in [0.29, 0.717) is 10.7 Å². The Morgan fingerprint density at radius 3 is 2.78 bits per heavy atom. The topological polar surface area (TPSA) is 55.9 Å². The molecule has 0 unspecified atom stereocenters. The van der Waals surface area contributed by atoms with Crippen LogP contribution in [0, 0.1) is 0 Å². The largest absolute Gasteiger partial charge is 0.394 e. The Kier molecular flexibility index (Phi) is 3.77. The van der Waals surface area contributed by atoms with E-state index in [1.165, 1.54) is 0 Å². The fraction of sp³-hybridized carbons (Fsp3) is 0.308. The molecule has 1 aromatic heterocycles. The molecular weight excluding hydrogens is 248 g/mol. The van der Waals surface area contributed by atoms with Crippen molar-refractivity contribution < 1.29 is 0 Å². The van der Waals surface area contributed by atoms with Crippen molar-refractivity contribution in [3.8, 4) is 0 Å². The van der Waals surface area contributed by atoms with Gasteiger partial charge in [-0.15, -0.1) is 0 Å². The number of anilines is 3. The summed E-state index contributed by atoms with van der Waals surface area (Å²) in [5, 5.41) is 8.31. The minimum absolute atomic E-state index is 0.662. The van der Waals surface area contributed by atoms with Gasteiger partial charge in [-0.05, 0) is 18.6 Å². The molecule has 0 aliphatic rings. The number of hydrogen-bond acceptors (Lipinski definition) is 3. The Morgan fingerprint density at radius 2 is 2.11 bits per heavy atom. The van der Waals surface area contributed by atoms with Crippen LogP contribution < -0.4 is 11.1 Å². The van der Waals surface area contributed by atoms with Crippen LogP contribution in [0.25, 0.3) is 0 Å². The predicted molar refractivity (Wildman–Crippen MR) is 76.4 cm³/mol. The van der Waals surface area contributed by atoms with Gasteiger partial charge in [0.05, 0.1) is 22.1 Å². The molecule has 0 amide bonds. The van der Waals surface area contributed by atoms with Crippen LogP contribution in [0.5, 0.6) is 0 Å². The quantitative estimate of drug-likeness (QED) is 0.890. The number of nitrogens with two attached hydrogens (primary N) is 1. The second-order valence-electron chi connectivity index (χ2n) is 4.19. The molecule has 0 aliphatic heterocycles. The summed E-state index contributed by atoms with van der Waals surface area (Å²) in [4.78, 5) is 0. The fourth-order valence-corrected chi connectivity index (χ4v) is 2.04. The molecule has 5 heteroatoms. The highest BCUT2D eigenvalue weighted by molar-refractivity contribution is 6.33. The summed E-state index contributed by atoms with van der Waals surface area (Å²) >= 11 is 6.11. The maximum Gasteiger partial charge on any atom is 0.152 e. The summed E-state index contributed by atoms with van der Waals surface area (Å²) in [6, 6.07) is 7.56. The van der Waals surface area contributed by atoms with Crippen molar-refractivity contribution in [2.75, 3.05) is 11.1 Å². The first-order valence-electron chi connectivity index (χ1n) is 5.96. The highest BCUT2D eigenvalue weighted by atomic mass is 35.5. The number of aromatic nitrogens is 2. The normalized spacial score (nSPS) is 10.6. The Hall–Kier alpha value is -1.68. The lowest BCUT2D eigenvalue weighted by atomic mass is 10.2. The van der Waals surface area contributed by atoms with Crippen molar-refractivity contribution >= 4 is 28.8 Å². The van der Waals surface area contributed by atoms with Crippen molar-refractivity contribution in [1.82, 2.24) is 9.78 Å². The molecule has 0 atom stereocenters. The Bertz CT molecular complexity index is 548. The second-order valence-corrected chi connectivity index (χ2v) is 4.59. The van der Waals surface area contributed by atoms with Gasteiger partial charge < -0.3 is 11.1 Å². The lowest BCUT2D eigenvalue weighted by Crippen LogP contribution is -2.01. The summed E-state index contributed by atoms with van der Waals surface area (Å²) in [5.74, 6) is 0.784. The molecule has 1 aromatic carbocycles. The zero-order valence-corrected chi connectivity index (χ0v) is 11.3. The molecule has 0 radical (unpaired) electrons. The summed E-state index contributed by atoms with van der Waals surface area (Å²) in [6.07, 6.45) is 1.90. The van der Waals surface area contributed by atoms with Gasteiger partial charge in [-0.25, -0.2) is 0 Å². The number of hydrogen-bond donors (Lipinski definition) is 2. The van der Waals surface area contributed by atoms with E-state index < -0.39 is 0 Å². The Morgan fingerprint density at radius 1 is 1.39 bits per heavy atom. The van der Waals surface area contributed by atoms with Crippen LogP contribution in [-0.2, 0) is 13.5 Å². The van der Waals surface area contributed by atoms with Gasteiger partial charge in [0.25, 0.3) is 0 Å². The first-order valence-corrected chi connectivity index (χ1v) is 6.34. The number of nitrogens with one attached hydrogen (secondary N) is 1. The standard InChI is InChI=1S/C13H17ClN4/c1-3-6-11-12(15)13(18(2)17-11)16-10-8-5-4-7-9(10)14/h4-5,7-8,16H,3,6,15H2,1-2H3. The van der Waals surface area contributed by atoms with Gasteiger partial charge in [0.2, 0.25) is 0 Å². The zero-order valence-electron chi connectivity index (χ0n) is 10.6. The summed E-state index contributed by atoms with van der Waals surface area (Å²) in [6.45, 7) is 2.11. The third kappa shape index (κ3) is 2.43. The van der Waals surface area contributed by atoms with Gasteiger partial charge in [-0.2, -0.15) is 5.10 Å². The maximum absolute atomic E-state index is 6.11. The van der Waals surface area contributed by atoms with E-state index in [4.69, 9.17) is 17.3 Å². The van der Waals surface area contributed by atoms with Crippen molar-refractivity contribution in [1.29, 1.82) is 0 Å². The summed E-state index contributed by atoms with van der Waals surface area (Å²) in [5.41, 5.74) is 8.55. The maximum atomic E-state index is 6.11. The highest BCUT2D eigenvalue weighted by Gasteiger charge is 2.13. The van der Waals surface area contributed by atoms with E-state index in [1.54, 1.807) is 4.68 Å². The number of nitrogen functional groups attached to an aromatic ring is 1. The van der Waals surface area contributed by atoms with Crippen LogP contribution in [0.1, 0.15) is 19.0 Å². The van der Waals surface area contributed by atoms with Crippen molar-refractivity contribution in [2.24, 2.45) is 7.05 Å². The van der Waals surface area contributed by atoms with Crippen LogP contribution in [-0.4, -0.2) is 9.78 Å². The molecule has 0 saturated carbocycles. The van der Waals surface area contributed by atoms with Crippen LogP contribution >= 0.6 is 11.6 Å². The number of halogens is 1. The third-order valence-electron chi connectivity index (χ3n) is 2.77. The average Bonchev–Trinajstić information content (AvgIpc) is 2.60. The van der Waals surface area contributed by atoms with Crippen LogP contribution in [0.15, 0.2) is 24.3 Å². The number of para-hydroxylation sites is 1. The summed E-state index contributed by atoms with van der Waals surface area (Å²) < 4.78 is 1.75. The first kappa shape index (κ1) is 12.8. The van der Waals surface area contributed by atoms with Crippen LogP contribution in [0.2, 0.25) is 5.02 Å². The van der Waals surface area contributed by atoms with Gasteiger partial charge in [-0.3, -0.25) is 4.68 Å². The van der Waals surface area contributed by atoms with E-state index in [-0.39, 0.29) is 0 Å². The van der Waals surface area contributed by atoms with Crippen molar-refractivity contribution in [3.05, 3.63) is 35.0 Å². The number of rotatable bonds is 4. The Labute approximate surface area is 112 Å². The molecule has 0 fully saturated rings. The monoisotopic (exact) mass is 264 g/mol. The van der Waals surface area contributed by atoms with Crippen LogP contribution in [0.3, 0.4) is 0 Å². The number of aryl methyl sites for hydroxylation is 2. The van der Waals surface area contributed by atoms with E-state index in [0.717, 1.165) is 30.0 Å². The molecule has 18 heavy (non-hydrogen) atoms. The predicted octanol–water partition coefficient (Wildman–Crippen LogP) is 3.35. The van der Waals surface area contributed by atoms with E-state index in [1.807, 2.05) is 31.3 Å². The van der Waals surface area contributed by atoms with E-state index in [9.17, 15) is 0 Å². The molecule has 4 nitrogen and oxygen atoms in total. The molecule has 0 aliphatic carbocycles. The molecule has 0 bridgehead atoms. The lowest BCUT2D eigenvalue weighted by Gasteiger charge is -2.09. The van der Waals surface area contributed by atoms with Gasteiger partial charge in [0.1, 0.15) is 0 Å². The fourth-order valence-electron chi connectivity index (χ4n) is 1.86. The van der Waals surface area contributed by atoms with Crippen molar-refractivity contribution in [3.63, 3.8) is 0 Å². The van der Waals surface area contributed by atoms with E-state index in [2.05, 4.69) is 17.3 Å². The molecule has 2 aromatic rings. The minimum atomic E-state index is 0.662. The second kappa shape index (κ2) is 5.31. The molecule has 2 rings (SSSR count). The van der Waals surface area contributed by atoms with Gasteiger partial charge in [0, 0.05) is 7.05 Å². The molecule has 0 saturated heterocycles. The van der Waals surface area contributed by atoms with Gasteiger partial charge >= 0.3 is 0 Å². The molecular formula is C13H17ClN4.